The van der Waals surface area contributed by atoms with Crippen molar-refractivity contribution in [1.29, 1.82) is 0 Å². The van der Waals surface area contributed by atoms with Crippen LogP contribution in [0.4, 0.5) is 4.39 Å². The predicted molar refractivity (Wildman–Crippen MR) is 105 cm³/mol. The zero-order valence-electron chi connectivity index (χ0n) is 16.4. The molecular weight excluding hydrogens is 399 g/mol. The van der Waals surface area contributed by atoms with Gasteiger partial charge in [-0.1, -0.05) is 25.1 Å². The monoisotopic (exact) mass is 422 g/mol. The van der Waals surface area contributed by atoms with Gasteiger partial charge in [0.05, 0.1) is 10.5 Å². The van der Waals surface area contributed by atoms with Crippen molar-refractivity contribution in [3.63, 3.8) is 0 Å². The lowest BCUT2D eigenvalue weighted by atomic mass is 10.1. The van der Waals surface area contributed by atoms with Crippen LogP contribution in [-0.2, 0) is 26.1 Å². The molecule has 7 nitrogen and oxygen atoms in total. The summed E-state index contributed by atoms with van der Waals surface area (Å²) >= 11 is 0. The SMILES string of the molecule is CCNS(=O)(=O)c1ccc(C)c(C(=O)OCC(=O)N(C)Cc2cccc(F)c2)c1. The predicted octanol–water partition coefficient (Wildman–Crippen LogP) is 2.25. The van der Waals surface area contributed by atoms with Crippen molar-refractivity contribution in [2.45, 2.75) is 25.3 Å². The molecule has 2 aromatic rings. The maximum atomic E-state index is 13.2. The average molecular weight is 422 g/mol. The molecule has 0 heterocycles. The largest absolute Gasteiger partial charge is 0.452 e. The summed E-state index contributed by atoms with van der Waals surface area (Å²) in [6.45, 7) is 3.13. The number of halogens is 1. The van der Waals surface area contributed by atoms with Gasteiger partial charge in [-0.05, 0) is 42.3 Å². The van der Waals surface area contributed by atoms with Gasteiger partial charge in [-0.15, -0.1) is 0 Å². The minimum absolute atomic E-state index is 0.0598. The van der Waals surface area contributed by atoms with Crippen molar-refractivity contribution in [3.8, 4) is 0 Å². The van der Waals surface area contributed by atoms with Gasteiger partial charge < -0.3 is 9.64 Å². The van der Waals surface area contributed by atoms with Gasteiger partial charge in [-0.2, -0.15) is 0 Å². The number of nitrogens with zero attached hydrogens (tertiary/aromatic N) is 1. The standard InChI is InChI=1S/C20H23FN2O5S/c1-4-22-29(26,27)17-9-8-14(2)18(11-17)20(25)28-13-19(24)23(3)12-15-6-5-7-16(21)10-15/h5-11,22H,4,12-13H2,1-3H3. The van der Waals surface area contributed by atoms with Crippen molar-refractivity contribution in [2.75, 3.05) is 20.2 Å². The molecule has 0 bridgehead atoms. The van der Waals surface area contributed by atoms with E-state index in [4.69, 9.17) is 4.74 Å². The lowest BCUT2D eigenvalue weighted by Gasteiger charge is -2.17. The summed E-state index contributed by atoms with van der Waals surface area (Å²) in [7, 11) is -2.22. The molecule has 2 aromatic carbocycles. The Labute approximate surface area is 169 Å². The fourth-order valence-electron chi connectivity index (χ4n) is 2.57. The molecule has 2 rings (SSSR count). The van der Waals surface area contributed by atoms with E-state index in [0.29, 0.717) is 11.1 Å². The fourth-order valence-corrected chi connectivity index (χ4v) is 3.64. The zero-order chi connectivity index (χ0) is 21.6. The van der Waals surface area contributed by atoms with E-state index in [9.17, 15) is 22.4 Å². The summed E-state index contributed by atoms with van der Waals surface area (Å²) in [6.07, 6.45) is 0. The van der Waals surface area contributed by atoms with E-state index >= 15 is 0 Å². The fraction of sp³-hybridized carbons (Fsp3) is 0.300. The molecule has 0 fully saturated rings. The third-order valence-electron chi connectivity index (χ3n) is 4.13. The zero-order valence-corrected chi connectivity index (χ0v) is 17.3. The lowest BCUT2D eigenvalue weighted by Crippen LogP contribution is -2.31. The van der Waals surface area contributed by atoms with Crippen LogP contribution in [0.2, 0.25) is 0 Å². The van der Waals surface area contributed by atoms with Crippen LogP contribution in [0.1, 0.15) is 28.4 Å². The first-order chi connectivity index (χ1) is 13.6. The molecule has 0 saturated carbocycles. The van der Waals surface area contributed by atoms with Gasteiger partial charge in [0, 0.05) is 20.1 Å². The molecule has 0 radical (unpaired) electrons. The molecule has 0 aliphatic rings. The smallest absolute Gasteiger partial charge is 0.338 e. The number of ether oxygens (including phenoxy) is 1. The summed E-state index contributed by atoms with van der Waals surface area (Å²) in [5.74, 6) is -1.68. The molecule has 0 unspecified atom stereocenters. The number of rotatable bonds is 8. The Morgan fingerprint density at radius 3 is 2.55 bits per heavy atom. The van der Waals surface area contributed by atoms with Crippen LogP contribution in [0.15, 0.2) is 47.4 Å². The molecule has 0 spiro atoms. The van der Waals surface area contributed by atoms with E-state index in [2.05, 4.69) is 4.72 Å². The number of amides is 1. The van der Waals surface area contributed by atoms with Gasteiger partial charge in [-0.3, -0.25) is 4.79 Å². The average Bonchev–Trinajstić information content (AvgIpc) is 2.66. The Hall–Kier alpha value is -2.78. The van der Waals surface area contributed by atoms with Crippen molar-refractivity contribution >= 4 is 21.9 Å². The Balaban J connectivity index is 2.03. The third-order valence-corrected chi connectivity index (χ3v) is 5.68. The summed E-state index contributed by atoms with van der Waals surface area (Å²) < 4.78 is 44.9. The molecule has 0 saturated heterocycles. The van der Waals surface area contributed by atoms with Crippen LogP contribution < -0.4 is 4.72 Å². The highest BCUT2D eigenvalue weighted by molar-refractivity contribution is 7.89. The van der Waals surface area contributed by atoms with Gasteiger partial charge >= 0.3 is 5.97 Å². The first-order valence-electron chi connectivity index (χ1n) is 8.90. The number of benzene rings is 2. The van der Waals surface area contributed by atoms with Crippen molar-refractivity contribution in [2.24, 2.45) is 0 Å². The Morgan fingerprint density at radius 2 is 1.90 bits per heavy atom. The summed E-state index contributed by atoms with van der Waals surface area (Å²) in [5.41, 5.74) is 1.18. The number of carbonyl (C=O) groups excluding carboxylic acids is 2. The molecule has 0 aliphatic carbocycles. The maximum Gasteiger partial charge on any atom is 0.338 e. The maximum absolute atomic E-state index is 13.2. The van der Waals surface area contributed by atoms with Crippen molar-refractivity contribution < 1.29 is 27.1 Å². The van der Waals surface area contributed by atoms with Crippen molar-refractivity contribution in [1.82, 2.24) is 9.62 Å². The normalized spacial score (nSPS) is 11.2. The number of aryl methyl sites for hydroxylation is 1. The first-order valence-corrected chi connectivity index (χ1v) is 10.4. The second-order valence-corrected chi connectivity index (χ2v) is 8.20. The van der Waals surface area contributed by atoms with Gasteiger partial charge in [0.2, 0.25) is 10.0 Å². The second kappa shape index (κ2) is 9.62. The van der Waals surface area contributed by atoms with Crippen LogP contribution in [0.5, 0.6) is 0 Å². The van der Waals surface area contributed by atoms with Crippen molar-refractivity contribution in [3.05, 3.63) is 65.0 Å². The number of nitrogens with one attached hydrogen (secondary N) is 1. The molecule has 0 aromatic heterocycles. The van der Waals surface area contributed by atoms with E-state index in [1.807, 2.05) is 0 Å². The molecule has 1 amide bonds. The second-order valence-electron chi connectivity index (χ2n) is 6.43. The first kappa shape index (κ1) is 22.5. The molecule has 0 atom stereocenters. The van der Waals surface area contributed by atoms with E-state index in [1.165, 1.54) is 42.3 Å². The van der Waals surface area contributed by atoms with Crippen LogP contribution in [0.3, 0.4) is 0 Å². The van der Waals surface area contributed by atoms with E-state index < -0.39 is 34.3 Å². The van der Waals surface area contributed by atoms with Crippen LogP contribution in [-0.4, -0.2) is 45.4 Å². The van der Waals surface area contributed by atoms with E-state index in [1.54, 1.807) is 26.0 Å². The molecule has 29 heavy (non-hydrogen) atoms. The molecular formula is C20H23FN2O5S. The Kier molecular flexibility index (Phi) is 7.46. The van der Waals surface area contributed by atoms with E-state index in [-0.39, 0.29) is 23.5 Å². The minimum atomic E-state index is -3.73. The summed E-state index contributed by atoms with van der Waals surface area (Å²) in [4.78, 5) is 25.8. The number of sulfonamides is 1. The number of carbonyl (C=O) groups is 2. The topological polar surface area (TPSA) is 92.8 Å². The van der Waals surface area contributed by atoms with E-state index in [0.717, 1.165) is 0 Å². The lowest BCUT2D eigenvalue weighted by molar-refractivity contribution is -0.133. The van der Waals surface area contributed by atoms with Gasteiger partial charge in [0.25, 0.3) is 5.91 Å². The van der Waals surface area contributed by atoms with Gasteiger partial charge in [-0.25, -0.2) is 22.3 Å². The van der Waals surface area contributed by atoms with Crippen LogP contribution in [0, 0.1) is 12.7 Å². The summed E-state index contributed by atoms with van der Waals surface area (Å²) in [5, 5.41) is 0. The number of hydrogen-bond donors (Lipinski definition) is 1. The highest BCUT2D eigenvalue weighted by Gasteiger charge is 2.19. The highest BCUT2D eigenvalue weighted by atomic mass is 32.2. The molecule has 9 heteroatoms. The number of esters is 1. The third kappa shape index (κ3) is 6.10. The van der Waals surface area contributed by atoms with Gasteiger partial charge in [0.15, 0.2) is 6.61 Å². The quantitative estimate of drug-likeness (QED) is 0.659. The van der Waals surface area contributed by atoms with Gasteiger partial charge in [0.1, 0.15) is 5.82 Å². The molecule has 0 aliphatic heterocycles. The minimum Gasteiger partial charge on any atom is -0.452 e. The number of hydrogen-bond acceptors (Lipinski definition) is 5. The van der Waals surface area contributed by atoms with Crippen LogP contribution in [0.25, 0.3) is 0 Å². The molecule has 1 N–H and O–H groups in total. The summed E-state index contributed by atoms with van der Waals surface area (Å²) in [6, 6.07) is 9.95. The highest BCUT2D eigenvalue weighted by Crippen LogP contribution is 2.17. The Morgan fingerprint density at radius 1 is 1.17 bits per heavy atom. The molecule has 156 valence electrons. The Bertz CT molecular complexity index is 1010. The van der Waals surface area contributed by atoms with Crippen LogP contribution >= 0.6 is 0 Å². The number of likely N-dealkylation sites (N-methyl/N-ethyl adjacent to an activating group) is 1.